The van der Waals surface area contributed by atoms with E-state index in [1.807, 2.05) is 6.07 Å². The van der Waals surface area contributed by atoms with Crippen molar-refractivity contribution in [3.63, 3.8) is 0 Å². The SMILES string of the molecule is CCN1CCN(c2ccc(F)cc2CNC2CC2)CC1C. The smallest absolute Gasteiger partial charge is 0.123 e. The van der Waals surface area contributed by atoms with Gasteiger partial charge in [0.2, 0.25) is 0 Å². The molecule has 3 nitrogen and oxygen atoms in total. The summed E-state index contributed by atoms with van der Waals surface area (Å²) < 4.78 is 13.6. The lowest BCUT2D eigenvalue weighted by Gasteiger charge is -2.41. The molecule has 0 radical (unpaired) electrons. The van der Waals surface area contributed by atoms with E-state index in [9.17, 15) is 4.39 Å². The van der Waals surface area contributed by atoms with Gasteiger partial charge >= 0.3 is 0 Å². The van der Waals surface area contributed by atoms with Gasteiger partial charge in [0, 0.05) is 44.0 Å². The van der Waals surface area contributed by atoms with Gasteiger partial charge in [-0.3, -0.25) is 4.90 Å². The molecule has 21 heavy (non-hydrogen) atoms. The summed E-state index contributed by atoms with van der Waals surface area (Å²) in [6.07, 6.45) is 2.52. The first-order chi connectivity index (χ1) is 10.2. The van der Waals surface area contributed by atoms with Gasteiger partial charge in [-0.1, -0.05) is 6.92 Å². The van der Waals surface area contributed by atoms with Crippen LogP contribution >= 0.6 is 0 Å². The largest absolute Gasteiger partial charge is 0.368 e. The Kier molecular flexibility index (Phi) is 4.45. The van der Waals surface area contributed by atoms with E-state index in [4.69, 9.17) is 0 Å². The fourth-order valence-corrected chi connectivity index (χ4v) is 3.23. The lowest BCUT2D eigenvalue weighted by molar-refractivity contribution is 0.199. The molecule has 0 spiro atoms. The molecule has 0 aromatic heterocycles. The number of nitrogens with one attached hydrogen (secondary N) is 1. The highest BCUT2D eigenvalue weighted by atomic mass is 19.1. The molecule has 1 aliphatic carbocycles. The molecule has 2 fully saturated rings. The van der Waals surface area contributed by atoms with E-state index >= 15 is 0 Å². The number of anilines is 1. The molecule has 0 bridgehead atoms. The minimum Gasteiger partial charge on any atom is -0.368 e. The van der Waals surface area contributed by atoms with Gasteiger partial charge in [0.25, 0.3) is 0 Å². The van der Waals surface area contributed by atoms with Crippen LogP contribution in [0.25, 0.3) is 0 Å². The van der Waals surface area contributed by atoms with Gasteiger partial charge in [-0.05, 0) is 50.1 Å². The van der Waals surface area contributed by atoms with Crippen LogP contribution in [0, 0.1) is 5.82 Å². The fourth-order valence-electron chi connectivity index (χ4n) is 3.23. The highest BCUT2D eigenvalue weighted by molar-refractivity contribution is 5.54. The Morgan fingerprint density at radius 3 is 2.76 bits per heavy atom. The van der Waals surface area contributed by atoms with Gasteiger partial charge in [0.15, 0.2) is 0 Å². The molecule has 1 aromatic carbocycles. The minimum atomic E-state index is -0.133. The Morgan fingerprint density at radius 1 is 1.29 bits per heavy atom. The van der Waals surface area contributed by atoms with Crippen molar-refractivity contribution in [3.8, 4) is 0 Å². The zero-order valence-electron chi connectivity index (χ0n) is 13.1. The van der Waals surface area contributed by atoms with Crippen molar-refractivity contribution >= 4 is 5.69 Å². The average Bonchev–Trinajstić information content (AvgIpc) is 3.29. The molecule has 1 unspecified atom stereocenters. The first-order valence-corrected chi connectivity index (χ1v) is 8.18. The van der Waals surface area contributed by atoms with Gasteiger partial charge in [0.05, 0.1) is 0 Å². The molecule has 1 heterocycles. The number of rotatable bonds is 5. The highest BCUT2D eigenvalue weighted by Crippen LogP contribution is 2.26. The van der Waals surface area contributed by atoms with Crippen LogP contribution in [-0.2, 0) is 6.54 Å². The second-order valence-electron chi connectivity index (χ2n) is 6.35. The molecule has 0 amide bonds. The van der Waals surface area contributed by atoms with Crippen LogP contribution in [0.5, 0.6) is 0 Å². The summed E-state index contributed by atoms with van der Waals surface area (Å²) >= 11 is 0. The van der Waals surface area contributed by atoms with Crippen LogP contribution < -0.4 is 10.2 Å². The Morgan fingerprint density at radius 2 is 2.10 bits per heavy atom. The molecule has 1 saturated heterocycles. The molecule has 4 heteroatoms. The van der Waals surface area contributed by atoms with Gasteiger partial charge in [-0.15, -0.1) is 0 Å². The second kappa shape index (κ2) is 6.32. The maximum absolute atomic E-state index is 13.6. The van der Waals surface area contributed by atoms with Crippen LogP contribution in [0.1, 0.15) is 32.3 Å². The van der Waals surface area contributed by atoms with Gasteiger partial charge in [-0.2, -0.15) is 0 Å². The van der Waals surface area contributed by atoms with Crippen molar-refractivity contribution in [3.05, 3.63) is 29.6 Å². The average molecular weight is 291 g/mol. The van der Waals surface area contributed by atoms with Crippen molar-refractivity contribution in [1.82, 2.24) is 10.2 Å². The second-order valence-corrected chi connectivity index (χ2v) is 6.35. The highest BCUT2D eigenvalue weighted by Gasteiger charge is 2.25. The predicted molar refractivity (Wildman–Crippen MR) is 85.2 cm³/mol. The van der Waals surface area contributed by atoms with E-state index in [1.54, 1.807) is 12.1 Å². The summed E-state index contributed by atoms with van der Waals surface area (Å²) in [5.74, 6) is -0.133. The first-order valence-electron chi connectivity index (χ1n) is 8.18. The molecular formula is C17H26FN3. The monoisotopic (exact) mass is 291 g/mol. The maximum Gasteiger partial charge on any atom is 0.123 e. The molecule has 1 N–H and O–H groups in total. The topological polar surface area (TPSA) is 18.5 Å². The zero-order chi connectivity index (χ0) is 14.8. The van der Waals surface area contributed by atoms with Crippen LogP contribution in [0.3, 0.4) is 0 Å². The maximum atomic E-state index is 13.6. The van der Waals surface area contributed by atoms with Crippen molar-refractivity contribution in [2.45, 2.75) is 45.3 Å². The summed E-state index contributed by atoms with van der Waals surface area (Å²) in [5.41, 5.74) is 2.30. The Bertz CT molecular complexity index is 487. The normalized spacial score (nSPS) is 23.6. The van der Waals surface area contributed by atoms with Crippen LogP contribution in [0.15, 0.2) is 18.2 Å². The van der Waals surface area contributed by atoms with Crippen LogP contribution in [0.4, 0.5) is 10.1 Å². The molecule has 116 valence electrons. The molecule has 1 aromatic rings. The first kappa shape index (κ1) is 14.8. The van der Waals surface area contributed by atoms with Crippen molar-refractivity contribution in [2.24, 2.45) is 0 Å². The minimum absolute atomic E-state index is 0.133. The summed E-state index contributed by atoms with van der Waals surface area (Å²) in [6.45, 7) is 9.52. The molecule has 1 saturated carbocycles. The molecule has 1 atom stereocenters. The van der Waals surface area contributed by atoms with Gasteiger partial charge in [-0.25, -0.2) is 4.39 Å². The molecule has 3 rings (SSSR count). The van der Waals surface area contributed by atoms with E-state index in [2.05, 4.69) is 29.0 Å². The van der Waals surface area contributed by atoms with E-state index in [-0.39, 0.29) is 5.82 Å². The Balaban J connectivity index is 1.73. The molecule has 2 aliphatic rings. The Labute approximate surface area is 127 Å². The fraction of sp³-hybridized carbons (Fsp3) is 0.647. The number of likely N-dealkylation sites (N-methyl/N-ethyl adjacent to an activating group) is 1. The summed E-state index contributed by atoms with van der Waals surface area (Å²) in [7, 11) is 0. The van der Waals surface area contributed by atoms with E-state index in [0.717, 1.165) is 38.3 Å². The zero-order valence-corrected chi connectivity index (χ0v) is 13.1. The number of hydrogen-bond acceptors (Lipinski definition) is 3. The van der Waals surface area contributed by atoms with E-state index < -0.39 is 0 Å². The van der Waals surface area contributed by atoms with Crippen LogP contribution in [-0.4, -0.2) is 43.2 Å². The third-order valence-electron chi connectivity index (χ3n) is 4.71. The third-order valence-corrected chi connectivity index (χ3v) is 4.71. The number of hydrogen-bond donors (Lipinski definition) is 1. The summed E-state index contributed by atoms with van der Waals surface area (Å²) in [4.78, 5) is 4.92. The third kappa shape index (κ3) is 3.55. The van der Waals surface area contributed by atoms with Gasteiger partial charge in [0.1, 0.15) is 5.82 Å². The van der Waals surface area contributed by atoms with Crippen LogP contribution in [0.2, 0.25) is 0 Å². The quantitative estimate of drug-likeness (QED) is 0.899. The number of benzene rings is 1. The van der Waals surface area contributed by atoms with Crippen molar-refractivity contribution in [2.75, 3.05) is 31.1 Å². The van der Waals surface area contributed by atoms with Crippen molar-refractivity contribution in [1.29, 1.82) is 0 Å². The molecule has 1 aliphatic heterocycles. The van der Waals surface area contributed by atoms with E-state index in [0.29, 0.717) is 12.1 Å². The van der Waals surface area contributed by atoms with Crippen molar-refractivity contribution < 1.29 is 4.39 Å². The Hall–Kier alpha value is -1.13. The summed E-state index contributed by atoms with van der Waals surface area (Å²) in [6, 6.07) is 6.44. The number of piperazine rings is 1. The van der Waals surface area contributed by atoms with Gasteiger partial charge < -0.3 is 10.2 Å². The lowest BCUT2D eigenvalue weighted by atomic mass is 10.1. The summed E-state index contributed by atoms with van der Waals surface area (Å²) in [5, 5.41) is 3.51. The van der Waals surface area contributed by atoms with E-state index in [1.165, 1.54) is 18.5 Å². The lowest BCUT2D eigenvalue weighted by Crippen LogP contribution is -2.52. The number of nitrogens with zero attached hydrogens (tertiary/aromatic N) is 2. The predicted octanol–water partition coefficient (Wildman–Crippen LogP) is 2.61. The standard InChI is InChI=1S/C17H26FN3/c1-3-20-8-9-21(12-13(20)2)17-7-4-15(18)10-14(17)11-19-16-5-6-16/h4,7,10,13,16,19H,3,5-6,8-9,11-12H2,1-2H3. The molecular weight excluding hydrogens is 265 g/mol. The number of halogens is 1.